The molecule has 2 fully saturated rings. The van der Waals surface area contributed by atoms with Gasteiger partial charge in [0, 0.05) is 44.3 Å². The molecule has 4 rings (SSSR count). The predicted molar refractivity (Wildman–Crippen MR) is 127 cm³/mol. The highest BCUT2D eigenvalue weighted by Crippen LogP contribution is 2.44. The molecule has 2 heterocycles. The van der Waals surface area contributed by atoms with Gasteiger partial charge in [0.25, 0.3) is 0 Å². The zero-order chi connectivity index (χ0) is 25.4. The molecule has 0 N–H and O–H groups in total. The highest BCUT2D eigenvalue weighted by atomic mass is 19.1. The van der Waals surface area contributed by atoms with E-state index in [2.05, 4.69) is 0 Å². The number of aldehydes is 2. The topological polar surface area (TPSA) is 106 Å². The number of aromatic nitrogens is 1. The summed E-state index contributed by atoms with van der Waals surface area (Å²) in [4.78, 5) is 63.0. The molecule has 1 atom stereocenters. The van der Waals surface area contributed by atoms with E-state index in [9.17, 15) is 24.0 Å². The van der Waals surface area contributed by atoms with Crippen molar-refractivity contribution in [1.29, 1.82) is 0 Å². The van der Waals surface area contributed by atoms with Crippen molar-refractivity contribution >= 4 is 40.9 Å². The summed E-state index contributed by atoms with van der Waals surface area (Å²) >= 11 is 0. The molecule has 1 saturated carbocycles. The molecule has 35 heavy (non-hydrogen) atoms. The van der Waals surface area contributed by atoms with E-state index in [4.69, 9.17) is 4.74 Å². The Kier molecular flexibility index (Phi) is 6.73. The molecule has 2 aliphatic rings. The molecule has 9 nitrogen and oxygen atoms in total. The number of methoxy groups -OCH3 is 1. The minimum absolute atomic E-state index is 0.0169. The number of carbonyl (C=O) groups is 4. The van der Waals surface area contributed by atoms with Crippen LogP contribution in [0.25, 0.3) is 10.9 Å². The molecule has 1 unspecified atom stereocenters. The van der Waals surface area contributed by atoms with E-state index in [0.717, 1.165) is 12.8 Å². The second-order valence-electron chi connectivity index (χ2n) is 9.23. The van der Waals surface area contributed by atoms with Gasteiger partial charge in [0.15, 0.2) is 22.8 Å². The van der Waals surface area contributed by atoms with Crippen LogP contribution in [0.1, 0.15) is 49.5 Å². The molecular weight excluding hydrogens is 457 g/mol. The predicted octanol–water partition coefficient (Wildman–Crippen LogP) is 2.13. The lowest BCUT2D eigenvalue weighted by molar-refractivity contribution is -0.137. The lowest BCUT2D eigenvalue weighted by Crippen LogP contribution is -2.54. The van der Waals surface area contributed by atoms with Crippen molar-refractivity contribution in [2.45, 2.75) is 45.2 Å². The Balaban J connectivity index is 1.74. The number of benzene rings is 1. The number of ketones is 1. The van der Waals surface area contributed by atoms with Crippen LogP contribution in [-0.2, 0) is 14.4 Å². The van der Waals surface area contributed by atoms with E-state index < -0.39 is 17.2 Å². The molecule has 2 aromatic rings. The van der Waals surface area contributed by atoms with Gasteiger partial charge in [-0.3, -0.25) is 14.4 Å². The first-order valence-electron chi connectivity index (χ1n) is 11.6. The van der Waals surface area contributed by atoms with Crippen LogP contribution in [0.5, 0.6) is 5.75 Å². The number of rotatable bonds is 8. The lowest BCUT2D eigenvalue weighted by atomic mass is 10.0. The molecule has 1 aromatic carbocycles. The summed E-state index contributed by atoms with van der Waals surface area (Å²) in [6, 6.07) is 0.947. The first kappa shape index (κ1) is 24.6. The summed E-state index contributed by atoms with van der Waals surface area (Å²) in [6.07, 6.45) is 4.02. The number of hydrogen-bond acceptors (Lipinski definition) is 7. The highest BCUT2D eigenvalue weighted by Gasteiger charge is 2.34. The molecule has 0 radical (unpaired) electrons. The van der Waals surface area contributed by atoms with Gasteiger partial charge in [0.2, 0.25) is 5.91 Å². The van der Waals surface area contributed by atoms with Crippen molar-refractivity contribution < 1.29 is 28.3 Å². The number of hydrogen-bond donors (Lipinski definition) is 0. The van der Waals surface area contributed by atoms with Crippen LogP contribution in [-0.4, -0.2) is 66.5 Å². The van der Waals surface area contributed by atoms with Crippen molar-refractivity contribution in [3.63, 3.8) is 0 Å². The normalized spacial score (nSPS) is 18.1. The van der Waals surface area contributed by atoms with Gasteiger partial charge < -0.3 is 28.7 Å². The van der Waals surface area contributed by atoms with Crippen molar-refractivity contribution in [2.75, 3.05) is 31.6 Å². The molecule has 1 aromatic heterocycles. The van der Waals surface area contributed by atoms with Gasteiger partial charge in [0.1, 0.15) is 18.3 Å². The van der Waals surface area contributed by atoms with E-state index in [-0.39, 0.29) is 65.7 Å². The second kappa shape index (κ2) is 9.59. The van der Waals surface area contributed by atoms with Crippen LogP contribution in [0.3, 0.4) is 0 Å². The number of pyridine rings is 1. The highest BCUT2D eigenvalue weighted by molar-refractivity contribution is 6.00. The smallest absolute Gasteiger partial charge is 0.224 e. The zero-order valence-corrected chi connectivity index (χ0v) is 20.0. The Labute approximate surface area is 201 Å². The molecule has 0 bridgehead atoms. The summed E-state index contributed by atoms with van der Waals surface area (Å²) in [7, 11) is 1.42. The van der Waals surface area contributed by atoms with Gasteiger partial charge in [-0.1, -0.05) is 0 Å². The second-order valence-corrected chi connectivity index (χ2v) is 9.23. The Morgan fingerprint density at radius 1 is 1.23 bits per heavy atom. The molecule has 186 valence electrons. The van der Waals surface area contributed by atoms with Gasteiger partial charge in [-0.15, -0.1) is 0 Å². The summed E-state index contributed by atoms with van der Waals surface area (Å²) in [6.45, 7) is 3.98. The Morgan fingerprint density at radius 2 is 1.91 bits per heavy atom. The molecule has 1 aliphatic carbocycles. The van der Waals surface area contributed by atoms with Crippen LogP contribution in [0, 0.1) is 11.7 Å². The maximum atomic E-state index is 15.5. The Bertz CT molecular complexity index is 1260. The van der Waals surface area contributed by atoms with Gasteiger partial charge in [-0.05, 0) is 32.8 Å². The third kappa shape index (κ3) is 4.44. The molecule has 1 amide bonds. The molecular formula is C25H28FN3O6. The average molecular weight is 486 g/mol. The van der Waals surface area contributed by atoms with Gasteiger partial charge in [0.05, 0.1) is 29.5 Å². The fourth-order valence-electron chi connectivity index (χ4n) is 4.80. The molecule has 1 saturated heterocycles. The van der Waals surface area contributed by atoms with Crippen LogP contribution >= 0.6 is 0 Å². The average Bonchev–Trinajstić information content (AvgIpc) is 3.67. The van der Waals surface area contributed by atoms with E-state index in [1.54, 1.807) is 16.0 Å². The number of nitrogens with zero attached hydrogens (tertiary/aromatic N) is 3. The summed E-state index contributed by atoms with van der Waals surface area (Å²) in [5.74, 6) is -2.11. The number of Topliss-reactive ketones (excluding diaryl/α,β-unsaturated/α-hetero) is 1. The van der Waals surface area contributed by atoms with Crippen LogP contribution in [0.15, 0.2) is 17.1 Å². The monoisotopic (exact) mass is 485 g/mol. The zero-order valence-electron chi connectivity index (χ0n) is 20.0. The third-order valence-electron chi connectivity index (χ3n) is 6.75. The maximum Gasteiger partial charge on any atom is 0.224 e. The minimum Gasteiger partial charge on any atom is -0.492 e. The SMILES string of the molecule is COc1c(N2CCN(C(=O)CC(C=O)C=O)C(C)C2)c(F)cc2c(=O)c(C(C)=O)cn(C3CC3)c12. The van der Waals surface area contributed by atoms with Crippen LogP contribution < -0.4 is 15.1 Å². The van der Waals surface area contributed by atoms with E-state index in [0.29, 0.717) is 24.6 Å². The van der Waals surface area contributed by atoms with Crippen molar-refractivity contribution in [3.8, 4) is 5.75 Å². The van der Waals surface area contributed by atoms with Crippen molar-refractivity contribution in [1.82, 2.24) is 9.47 Å². The van der Waals surface area contributed by atoms with Crippen molar-refractivity contribution in [3.05, 3.63) is 33.9 Å². The fourth-order valence-corrected chi connectivity index (χ4v) is 4.80. The van der Waals surface area contributed by atoms with Crippen LogP contribution in [0.4, 0.5) is 10.1 Å². The van der Waals surface area contributed by atoms with E-state index in [1.165, 1.54) is 20.1 Å². The van der Waals surface area contributed by atoms with Crippen molar-refractivity contribution in [2.24, 2.45) is 5.92 Å². The molecule has 0 spiro atoms. The first-order chi connectivity index (χ1) is 16.7. The number of ether oxygens (including phenoxy) is 1. The minimum atomic E-state index is -0.982. The molecule has 10 heteroatoms. The van der Waals surface area contributed by atoms with E-state index in [1.807, 2.05) is 11.5 Å². The first-order valence-corrected chi connectivity index (χ1v) is 11.6. The number of fused-ring (bicyclic) bond motifs is 1. The van der Waals surface area contributed by atoms with E-state index >= 15 is 4.39 Å². The quantitative estimate of drug-likeness (QED) is 0.320. The lowest BCUT2D eigenvalue weighted by Gasteiger charge is -2.41. The van der Waals surface area contributed by atoms with Gasteiger partial charge >= 0.3 is 0 Å². The largest absolute Gasteiger partial charge is 0.492 e. The Hall–Kier alpha value is -3.56. The number of carbonyl (C=O) groups excluding carboxylic acids is 4. The fraction of sp³-hybridized carbons (Fsp3) is 0.480. The third-order valence-corrected chi connectivity index (χ3v) is 6.75. The number of piperazine rings is 1. The number of amides is 1. The maximum absolute atomic E-state index is 15.5. The summed E-state index contributed by atoms with van der Waals surface area (Å²) < 4.78 is 23.1. The van der Waals surface area contributed by atoms with Gasteiger partial charge in [-0.2, -0.15) is 0 Å². The van der Waals surface area contributed by atoms with Gasteiger partial charge in [-0.25, -0.2) is 4.39 Å². The standard InChI is InChI=1S/C25H28FN3O6/c1-14-10-27(6-7-28(14)21(33)8-16(12-30)13-31)23-20(26)9-18-22(25(23)35-3)29(17-4-5-17)11-19(15(2)32)24(18)34/h9,11-14,16-17H,4-8,10H2,1-3H3. The van der Waals surface area contributed by atoms with Crippen LogP contribution in [0.2, 0.25) is 0 Å². The molecule has 1 aliphatic heterocycles. The number of halogens is 1. The summed E-state index contributed by atoms with van der Waals surface area (Å²) in [5, 5.41) is 0.0957. The Morgan fingerprint density at radius 3 is 2.46 bits per heavy atom. The summed E-state index contributed by atoms with van der Waals surface area (Å²) in [5.41, 5.74) is 0.134. The number of anilines is 1.